The summed E-state index contributed by atoms with van der Waals surface area (Å²) in [5.41, 5.74) is 2.04. The number of fused-ring (bicyclic) bond motifs is 1. The van der Waals surface area contributed by atoms with Crippen molar-refractivity contribution in [1.29, 1.82) is 0 Å². The van der Waals surface area contributed by atoms with E-state index in [4.69, 9.17) is 0 Å². The molecule has 2 aromatic rings. The highest BCUT2D eigenvalue weighted by atomic mass is 16.3. The summed E-state index contributed by atoms with van der Waals surface area (Å²) < 4.78 is 2.15. The lowest BCUT2D eigenvalue weighted by Crippen LogP contribution is -2.42. The molecule has 3 rings (SSSR count). The third-order valence-electron chi connectivity index (χ3n) is 4.23. The summed E-state index contributed by atoms with van der Waals surface area (Å²) in [6.45, 7) is 14.6. The van der Waals surface area contributed by atoms with Gasteiger partial charge in [-0.15, -0.1) is 0 Å². The standard InChI is InChI=1S/C17H20N2O/c1-10-6-5-7-14-12(3)19(13(4)17(10)14)15-8-9-16(20)18-11(15)2/h5-7,15-16,18,20H,2-4,8-9H2,1H3. The Morgan fingerprint density at radius 2 is 1.95 bits per heavy atom. The van der Waals surface area contributed by atoms with Crippen molar-refractivity contribution >= 4 is 23.9 Å². The number of aliphatic hydroxyl groups excluding tert-OH is 1. The summed E-state index contributed by atoms with van der Waals surface area (Å²) in [6, 6.07) is 6.33. The maximum absolute atomic E-state index is 9.65. The average molecular weight is 268 g/mol. The van der Waals surface area contributed by atoms with Gasteiger partial charge in [-0.25, -0.2) is 0 Å². The van der Waals surface area contributed by atoms with Crippen molar-refractivity contribution in [3.63, 3.8) is 0 Å². The highest BCUT2D eigenvalue weighted by Gasteiger charge is 2.25. The first-order chi connectivity index (χ1) is 9.50. The van der Waals surface area contributed by atoms with Crippen LogP contribution in [-0.2, 0) is 0 Å². The lowest BCUT2D eigenvalue weighted by molar-refractivity contribution is 0.109. The molecule has 1 aliphatic heterocycles. The van der Waals surface area contributed by atoms with Crippen LogP contribution in [0.5, 0.6) is 0 Å². The van der Waals surface area contributed by atoms with Gasteiger partial charge in [-0.2, -0.15) is 0 Å². The van der Waals surface area contributed by atoms with Crippen LogP contribution in [0, 0.1) is 6.92 Å². The van der Waals surface area contributed by atoms with E-state index in [0.29, 0.717) is 6.42 Å². The van der Waals surface area contributed by atoms with Gasteiger partial charge in [0.2, 0.25) is 0 Å². The van der Waals surface area contributed by atoms with Gasteiger partial charge in [0, 0.05) is 27.2 Å². The monoisotopic (exact) mass is 268 g/mol. The van der Waals surface area contributed by atoms with Crippen molar-refractivity contribution < 1.29 is 5.11 Å². The highest BCUT2D eigenvalue weighted by molar-refractivity contribution is 5.86. The number of benzene rings is 1. The van der Waals surface area contributed by atoms with E-state index in [1.54, 1.807) is 0 Å². The van der Waals surface area contributed by atoms with E-state index in [9.17, 15) is 5.11 Å². The molecule has 0 radical (unpaired) electrons. The van der Waals surface area contributed by atoms with Crippen molar-refractivity contribution in [2.45, 2.75) is 32.0 Å². The van der Waals surface area contributed by atoms with Gasteiger partial charge < -0.3 is 15.0 Å². The molecule has 1 fully saturated rings. The zero-order chi connectivity index (χ0) is 14.4. The number of hydrogen-bond donors (Lipinski definition) is 2. The number of piperidine rings is 1. The predicted octanol–water partition coefficient (Wildman–Crippen LogP) is 1.53. The van der Waals surface area contributed by atoms with Crippen LogP contribution in [0.4, 0.5) is 0 Å². The molecule has 104 valence electrons. The fraction of sp³-hybridized carbons (Fsp3) is 0.294. The molecule has 3 heteroatoms. The molecular weight excluding hydrogens is 248 g/mol. The summed E-state index contributed by atoms with van der Waals surface area (Å²) in [4.78, 5) is 0. The third kappa shape index (κ3) is 1.78. The van der Waals surface area contributed by atoms with Gasteiger partial charge in [-0.3, -0.25) is 0 Å². The van der Waals surface area contributed by atoms with Crippen LogP contribution in [0.2, 0.25) is 0 Å². The second kappa shape index (κ2) is 4.53. The fourth-order valence-corrected chi connectivity index (χ4v) is 3.24. The minimum atomic E-state index is -0.494. The maximum Gasteiger partial charge on any atom is 0.124 e. The Hall–Kier alpha value is -2.00. The van der Waals surface area contributed by atoms with Crippen molar-refractivity contribution in [3.05, 3.63) is 46.7 Å². The van der Waals surface area contributed by atoms with Gasteiger partial charge >= 0.3 is 0 Å². The molecule has 3 nitrogen and oxygen atoms in total. The minimum absolute atomic E-state index is 0.102. The third-order valence-corrected chi connectivity index (χ3v) is 4.23. The predicted molar refractivity (Wildman–Crippen MR) is 83.5 cm³/mol. The van der Waals surface area contributed by atoms with E-state index in [-0.39, 0.29) is 6.04 Å². The van der Waals surface area contributed by atoms with E-state index in [0.717, 1.165) is 28.2 Å². The van der Waals surface area contributed by atoms with E-state index >= 15 is 0 Å². The average Bonchev–Trinajstić information content (AvgIpc) is 2.64. The van der Waals surface area contributed by atoms with Crippen molar-refractivity contribution in [2.75, 3.05) is 0 Å². The van der Waals surface area contributed by atoms with Crippen LogP contribution in [0.3, 0.4) is 0 Å². The number of aryl methyl sites for hydroxylation is 1. The molecule has 0 saturated carbocycles. The maximum atomic E-state index is 9.65. The molecule has 2 atom stereocenters. The van der Waals surface area contributed by atoms with Gasteiger partial charge in [-0.1, -0.05) is 37.9 Å². The Kier molecular flexibility index (Phi) is 2.94. The molecule has 0 aliphatic carbocycles. The Morgan fingerprint density at radius 1 is 1.20 bits per heavy atom. The molecule has 0 bridgehead atoms. The van der Waals surface area contributed by atoms with Crippen LogP contribution >= 0.6 is 0 Å². The zero-order valence-electron chi connectivity index (χ0n) is 11.8. The van der Waals surface area contributed by atoms with Crippen LogP contribution in [0.15, 0.2) is 30.5 Å². The van der Waals surface area contributed by atoms with Crippen LogP contribution in [0.25, 0.3) is 23.9 Å². The summed E-state index contributed by atoms with van der Waals surface area (Å²) in [5, 5.41) is 17.0. The highest BCUT2D eigenvalue weighted by Crippen LogP contribution is 2.25. The Balaban J connectivity index is 2.23. The van der Waals surface area contributed by atoms with E-state index in [1.807, 2.05) is 6.07 Å². The van der Waals surface area contributed by atoms with Crippen LogP contribution in [-0.4, -0.2) is 15.9 Å². The van der Waals surface area contributed by atoms with E-state index in [1.165, 1.54) is 10.9 Å². The first-order valence-electron chi connectivity index (χ1n) is 6.91. The number of rotatable bonds is 1. The number of aliphatic hydroxyl groups is 1. The molecule has 2 unspecified atom stereocenters. The first kappa shape index (κ1) is 13.0. The Bertz CT molecular complexity index is 787. The molecule has 1 aliphatic rings. The van der Waals surface area contributed by atoms with E-state index in [2.05, 4.69) is 48.7 Å². The molecule has 1 saturated heterocycles. The molecule has 0 spiro atoms. The summed E-state index contributed by atoms with van der Waals surface area (Å²) >= 11 is 0. The summed E-state index contributed by atoms with van der Waals surface area (Å²) in [7, 11) is 0. The number of hydrogen-bond acceptors (Lipinski definition) is 2. The number of allylic oxidation sites excluding steroid dienone is 1. The van der Waals surface area contributed by atoms with Crippen molar-refractivity contribution in [2.24, 2.45) is 0 Å². The SMILES string of the molecule is C=C1NC(O)CCC1n1c(=C)c2cccc(C)c2c1=C. The molecular formula is C17H20N2O. The normalized spacial score (nSPS) is 23.0. The van der Waals surface area contributed by atoms with Crippen molar-refractivity contribution in [3.8, 4) is 0 Å². The summed E-state index contributed by atoms with van der Waals surface area (Å²) in [5.74, 6) is 0. The first-order valence-corrected chi connectivity index (χ1v) is 6.91. The van der Waals surface area contributed by atoms with Gasteiger partial charge in [0.1, 0.15) is 6.23 Å². The minimum Gasteiger partial charge on any atom is -0.374 e. The number of nitrogens with one attached hydrogen (secondary N) is 1. The van der Waals surface area contributed by atoms with Crippen LogP contribution < -0.4 is 16.0 Å². The topological polar surface area (TPSA) is 37.2 Å². The Labute approximate surface area is 118 Å². The second-order valence-electron chi connectivity index (χ2n) is 5.54. The molecule has 2 N–H and O–H groups in total. The fourth-order valence-electron chi connectivity index (χ4n) is 3.24. The Morgan fingerprint density at radius 3 is 2.60 bits per heavy atom. The van der Waals surface area contributed by atoms with Gasteiger partial charge in [-0.05, 0) is 25.3 Å². The molecule has 0 amide bonds. The molecule has 1 aromatic heterocycles. The zero-order valence-corrected chi connectivity index (χ0v) is 11.8. The largest absolute Gasteiger partial charge is 0.374 e. The molecule has 2 heterocycles. The van der Waals surface area contributed by atoms with Crippen LogP contribution in [0.1, 0.15) is 24.4 Å². The van der Waals surface area contributed by atoms with E-state index < -0.39 is 6.23 Å². The van der Waals surface area contributed by atoms with Gasteiger partial charge in [0.05, 0.1) is 6.04 Å². The number of aromatic nitrogens is 1. The summed E-state index contributed by atoms with van der Waals surface area (Å²) in [6.07, 6.45) is 1.06. The van der Waals surface area contributed by atoms with Crippen molar-refractivity contribution in [1.82, 2.24) is 9.88 Å². The second-order valence-corrected chi connectivity index (χ2v) is 5.54. The van der Waals surface area contributed by atoms with Gasteiger partial charge in [0.15, 0.2) is 0 Å². The lowest BCUT2D eigenvalue weighted by Gasteiger charge is -2.31. The molecule has 20 heavy (non-hydrogen) atoms. The molecule has 1 aromatic carbocycles. The quantitative estimate of drug-likeness (QED) is 0.823. The number of nitrogens with zero attached hydrogens (tertiary/aromatic N) is 1. The van der Waals surface area contributed by atoms with Gasteiger partial charge in [0.25, 0.3) is 0 Å². The smallest absolute Gasteiger partial charge is 0.124 e. The lowest BCUT2D eigenvalue weighted by atomic mass is 10.0.